The quantitative estimate of drug-likeness (QED) is 0.343. The molecule has 0 bridgehead atoms. The lowest BCUT2D eigenvalue weighted by Crippen LogP contribution is -2.36. The zero-order valence-electron chi connectivity index (χ0n) is 16.2. The number of thiophene rings is 1. The minimum Gasteiger partial charge on any atom is -0.465 e. The Balaban J connectivity index is 1.51. The number of hydrogen-bond donors (Lipinski definition) is 2. The average Bonchev–Trinajstić information content (AvgIpc) is 3.32. The van der Waals surface area contributed by atoms with Crippen molar-refractivity contribution in [2.45, 2.75) is 30.7 Å². The van der Waals surface area contributed by atoms with Gasteiger partial charge in [0, 0.05) is 17.0 Å². The highest BCUT2D eigenvalue weighted by Gasteiger charge is 2.28. The van der Waals surface area contributed by atoms with Crippen molar-refractivity contribution in [3.05, 3.63) is 56.8 Å². The van der Waals surface area contributed by atoms with Crippen LogP contribution in [-0.4, -0.2) is 30.0 Å². The number of esters is 1. The molecule has 1 aromatic carbocycles. The number of hydrogen-bond acceptors (Lipinski definition) is 7. The lowest BCUT2D eigenvalue weighted by molar-refractivity contribution is -0.704. The van der Waals surface area contributed by atoms with Crippen molar-refractivity contribution >= 4 is 40.0 Å². The van der Waals surface area contributed by atoms with Gasteiger partial charge in [-0.05, 0) is 53.0 Å². The summed E-state index contributed by atoms with van der Waals surface area (Å²) in [6.45, 7) is 0. The molecule has 1 aliphatic rings. The molecule has 2 aromatic heterocycles. The first-order valence-electron chi connectivity index (χ1n) is 9.43. The maximum absolute atomic E-state index is 12.6. The number of H-pyrrole nitrogens is 1. The normalized spacial score (nSPS) is 13.0. The van der Waals surface area contributed by atoms with E-state index in [1.807, 2.05) is 30.3 Å². The zero-order chi connectivity index (χ0) is 21.1. The molecule has 30 heavy (non-hydrogen) atoms. The minimum absolute atomic E-state index is 0.0153. The third-order valence-corrected chi connectivity index (χ3v) is 7.01. The van der Waals surface area contributed by atoms with Crippen molar-refractivity contribution in [2.24, 2.45) is 0 Å². The number of aromatic nitrogens is 2. The van der Waals surface area contributed by atoms with Crippen LogP contribution in [0.25, 0.3) is 5.69 Å². The zero-order valence-corrected chi connectivity index (χ0v) is 17.9. The number of anilines is 1. The highest BCUT2D eigenvalue weighted by Crippen LogP contribution is 2.38. The van der Waals surface area contributed by atoms with E-state index < -0.39 is 11.6 Å². The fourth-order valence-electron chi connectivity index (χ4n) is 3.40. The molecule has 4 rings (SSSR count). The molecule has 10 heteroatoms. The summed E-state index contributed by atoms with van der Waals surface area (Å²) in [6.07, 6.45) is 3.79. The molecule has 1 aliphatic carbocycles. The van der Waals surface area contributed by atoms with Gasteiger partial charge in [0.15, 0.2) is 0 Å². The van der Waals surface area contributed by atoms with E-state index in [9.17, 15) is 14.4 Å². The Kier molecular flexibility index (Phi) is 6.05. The van der Waals surface area contributed by atoms with E-state index in [0.717, 1.165) is 47.9 Å². The van der Waals surface area contributed by atoms with Crippen molar-refractivity contribution in [2.75, 3.05) is 18.2 Å². The number of nitrogens with zero attached hydrogens (tertiary/aromatic N) is 1. The second-order valence-corrected chi connectivity index (χ2v) is 8.77. The summed E-state index contributed by atoms with van der Waals surface area (Å²) in [5.74, 6) is -0.770. The number of carbonyl (C=O) groups is 2. The third-order valence-electron chi connectivity index (χ3n) is 4.78. The summed E-state index contributed by atoms with van der Waals surface area (Å²) in [5.41, 5.74) is 1.59. The van der Waals surface area contributed by atoms with Gasteiger partial charge in [-0.2, -0.15) is 0 Å². The Morgan fingerprint density at radius 2 is 2.03 bits per heavy atom. The van der Waals surface area contributed by atoms with E-state index in [0.29, 0.717) is 16.3 Å². The van der Waals surface area contributed by atoms with Gasteiger partial charge in [-0.1, -0.05) is 18.2 Å². The number of thioether (sulfide) groups is 1. The maximum atomic E-state index is 12.6. The molecule has 1 amide bonds. The average molecular weight is 447 g/mol. The van der Waals surface area contributed by atoms with Crippen LogP contribution in [-0.2, 0) is 22.4 Å². The highest BCUT2D eigenvalue weighted by atomic mass is 32.2. The number of benzene rings is 1. The van der Waals surface area contributed by atoms with E-state index in [-0.39, 0.29) is 16.7 Å². The number of aromatic amines is 1. The smallest absolute Gasteiger partial charge is 0.442 e. The number of carbonyl (C=O) groups excluding carboxylic acids is 2. The van der Waals surface area contributed by atoms with Crippen LogP contribution < -0.4 is 15.6 Å². The van der Waals surface area contributed by atoms with Crippen molar-refractivity contribution in [1.29, 1.82) is 0 Å². The van der Waals surface area contributed by atoms with E-state index in [1.165, 1.54) is 23.1 Å². The summed E-state index contributed by atoms with van der Waals surface area (Å²) < 4.78 is 11.3. The first-order valence-corrected chi connectivity index (χ1v) is 11.2. The van der Waals surface area contributed by atoms with Gasteiger partial charge in [0.2, 0.25) is 11.6 Å². The molecule has 156 valence electrons. The van der Waals surface area contributed by atoms with E-state index in [4.69, 9.17) is 9.26 Å². The molecule has 0 saturated heterocycles. The second kappa shape index (κ2) is 8.88. The van der Waals surface area contributed by atoms with Gasteiger partial charge < -0.3 is 10.1 Å². The van der Waals surface area contributed by atoms with Crippen LogP contribution in [0.4, 0.5) is 5.00 Å². The van der Waals surface area contributed by atoms with Gasteiger partial charge in [-0.3, -0.25) is 9.32 Å². The van der Waals surface area contributed by atoms with Crippen LogP contribution in [0, 0.1) is 0 Å². The van der Waals surface area contributed by atoms with Crippen LogP contribution in [0.2, 0.25) is 0 Å². The number of methoxy groups -OCH3 is 1. The van der Waals surface area contributed by atoms with Gasteiger partial charge >= 0.3 is 16.6 Å². The van der Waals surface area contributed by atoms with E-state index in [1.54, 1.807) is 0 Å². The van der Waals surface area contributed by atoms with Gasteiger partial charge in [-0.15, -0.1) is 11.3 Å². The van der Waals surface area contributed by atoms with Crippen LogP contribution in [0.3, 0.4) is 0 Å². The van der Waals surface area contributed by atoms with E-state index in [2.05, 4.69) is 10.6 Å². The topological polar surface area (TPSA) is 105 Å². The first-order chi connectivity index (χ1) is 14.6. The molecule has 0 saturated carbocycles. The largest absolute Gasteiger partial charge is 0.465 e. The Morgan fingerprint density at radius 3 is 2.80 bits per heavy atom. The van der Waals surface area contributed by atoms with Gasteiger partial charge in [0.1, 0.15) is 5.00 Å². The number of amides is 1. The lowest BCUT2D eigenvalue weighted by Gasteiger charge is -2.11. The molecule has 0 fully saturated rings. The number of para-hydroxylation sites is 1. The summed E-state index contributed by atoms with van der Waals surface area (Å²) in [4.78, 5) is 38.1. The SMILES string of the molecule is COC(=O)c1c(NC(=O)CSc2c(=O)o[nH][n+]2-c2ccccc2)sc2c1CCCC2. The van der Waals surface area contributed by atoms with E-state index >= 15 is 0 Å². The van der Waals surface area contributed by atoms with Gasteiger partial charge in [0.05, 0.1) is 18.4 Å². The molecular weight excluding hydrogens is 426 g/mol. The Morgan fingerprint density at radius 1 is 1.27 bits per heavy atom. The number of fused-ring (bicyclic) bond motifs is 1. The first kappa shape index (κ1) is 20.4. The summed E-state index contributed by atoms with van der Waals surface area (Å²) in [5, 5.41) is 6.15. The molecule has 0 spiro atoms. The fraction of sp³-hybridized carbons (Fsp3) is 0.300. The maximum Gasteiger partial charge on any atom is 0.442 e. The molecular formula is C20H20N3O5S2+. The number of rotatable bonds is 6. The Hall–Kier alpha value is -2.85. The molecule has 3 aromatic rings. The van der Waals surface area contributed by atoms with Gasteiger partial charge in [-0.25, -0.2) is 9.59 Å². The molecule has 2 heterocycles. The van der Waals surface area contributed by atoms with Crippen LogP contribution in [0.1, 0.15) is 33.6 Å². The Labute approximate surface area is 180 Å². The lowest BCUT2D eigenvalue weighted by atomic mass is 9.95. The molecule has 8 nitrogen and oxygen atoms in total. The van der Waals surface area contributed by atoms with Crippen LogP contribution in [0.5, 0.6) is 0 Å². The highest BCUT2D eigenvalue weighted by molar-refractivity contribution is 7.99. The molecule has 0 atom stereocenters. The van der Waals surface area contributed by atoms with Crippen LogP contribution in [0.15, 0.2) is 44.7 Å². The monoisotopic (exact) mass is 446 g/mol. The second-order valence-electron chi connectivity index (χ2n) is 6.70. The van der Waals surface area contributed by atoms with Crippen LogP contribution >= 0.6 is 23.1 Å². The molecule has 0 radical (unpaired) electrons. The molecule has 0 unspecified atom stereocenters. The third kappa shape index (κ3) is 4.05. The van der Waals surface area contributed by atoms with Crippen molar-refractivity contribution < 1.29 is 23.5 Å². The fourth-order valence-corrected chi connectivity index (χ4v) is 5.47. The predicted octanol–water partition coefficient (Wildman–Crippen LogP) is 2.70. The predicted molar refractivity (Wildman–Crippen MR) is 113 cm³/mol. The Bertz CT molecular complexity index is 1130. The van der Waals surface area contributed by atoms with Crippen molar-refractivity contribution in [1.82, 2.24) is 5.27 Å². The summed E-state index contributed by atoms with van der Waals surface area (Å²) in [6, 6.07) is 9.16. The number of ether oxygens (including phenoxy) is 1. The van der Waals surface area contributed by atoms with Gasteiger partial charge in [0.25, 0.3) is 0 Å². The van der Waals surface area contributed by atoms with Crippen molar-refractivity contribution in [3.63, 3.8) is 0 Å². The van der Waals surface area contributed by atoms with Crippen molar-refractivity contribution in [3.8, 4) is 5.69 Å². The summed E-state index contributed by atoms with van der Waals surface area (Å²) in [7, 11) is 1.34. The summed E-state index contributed by atoms with van der Waals surface area (Å²) >= 11 is 2.49. The minimum atomic E-state index is -0.557. The number of nitrogens with one attached hydrogen (secondary N) is 2. The standard InChI is InChI=1S/C20H19N3O5S2/c1-27-19(25)16-13-9-5-6-10-14(13)30-17(16)21-15(24)11-29-18-20(26)28-22-23(18)12-7-3-2-4-8-12/h2-4,7-8H,5-6,9-11H2,1H3,(H-,21,22,24,25,26)/p+1. The molecule has 2 N–H and O–H groups in total. The number of aryl methyl sites for hydroxylation is 1. The molecule has 0 aliphatic heterocycles.